The molecule has 1 aliphatic heterocycles. The maximum absolute atomic E-state index is 7.36. The summed E-state index contributed by atoms with van der Waals surface area (Å²) in [7, 11) is 1.88. The number of amidine groups is 1. The molecule has 1 N–H and O–H groups in total. The van der Waals surface area contributed by atoms with Crippen molar-refractivity contribution in [2.24, 2.45) is 0 Å². The van der Waals surface area contributed by atoms with E-state index in [-0.39, 0.29) is 0 Å². The predicted octanol–water partition coefficient (Wildman–Crippen LogP) is 1.37. The standard InChI is InChI=1S/C7H10N2/c1-9-6-4-2-3-5-7(9)8/h2-4,6,8H,5H2,1H3. The molecule has 0 aromatic heterocycles. The summed E-state index contributed by atoms with van der Waals surface area (Å²) >= 11 is 0. The Morgan fingerprint density at radius 2 is 2.33 bits per heavy atom. The topological polar surface area (TPSA) is 27.1 Å². The highest BCUT2D eigenvalue weighted by molar-refractivity contribution is 5.81. The molecule has 1 rings (SSSR count). The maximum Gasteiger partial charge on any atom is 0.103 e. The average Bonchev–Trinajstić information content (AvgIpc) is 1.99. The van der Waals surface area contributed by atoms with Crippen molar-refractivity contribution in [2.45, 2.75) is 6.42 Å². The molecule has 0 aromatic rings. The van der Waals surface area contributed by atoms with Gasteiger partial charge < -0.3 is 4.90 Å². The Labute approximate surface area is 55.0 Å². The second-order valence-corrected chi connectivity index (χ2v) is 2.03. The highest BCUT2D eigenvalue weighted by Crippen LogP contribution is 1.98. The summed E-state index contributed by atoms with van der Waals surface area (Å²) in [6, 6.07) is 0. The fourth-order valence-corrected chi connectivity index (χ4v) is 0.671. The molecule has 48 valence electrons. The van der Waals surface area contributed by atoms with Crippen molar-refractivity contribution < 1.29 is 0 Å². The first-order valence-corrected chi connectivity index (χ1v) is 2.94. The molecule has 0 saturated heterocycles. The summed E-state index contributed by atoms with van der Waals surface area (Å²) in [4.78, 5) is 1.81. The van der Waals surface area contributed by atoms with Gasteiger partial charge in [0.1, 0.15) is 5.84 Å². The smallest absolute Gasteiger partial charge is 0.103 e. The molecule has 2 heteroatoms. The molecule has 9 heavy (non-hydrogen) atoms. The Morgan fingerprint density at radius 1 is 1.56 bits per heavy atom. The molecule has 0 bridgehead atoms. The van der Waals surface area contributed by atoms with Crippen molar-refractivity contribution in [3.8, 4) is 0 Å². The lowest BCUT2D eigenvalue weighted by atomic mass is 10.3. The minimum Gasteiger partial charge on any atom is -0.340 e. The van der Waals surface area contributed by atoms with Gasteiger partial charge in [0.2, 0.25) is 0 Å². The SMILES string of the molecule is CN1C=CC=CCC1=N. The van der Waals surface area contributed by atoms with E-state index in [1.807, 2.05) is 31.5 Å². The molecule has 2 nitrogen and oxygen atoms in total. The van der Waals surface area contributed by atoms with Gasteiger partial charge in [-0.05, 0) is 6.08 Å². The van der Waals surface area contributed by atoms with Crippen LogP contribution < -0.4 is 0 Å². The van der Waals surface area contributed by atoms with E-state index in [9.17, 15) is 0 Å². The van der Waals surface area contributed by atoms with Crippen LogP contribution in [0.1, 0.15) is 6.42 Å². The summed E-state index contributed by atoms with van der Waals surface area (Å²) in [5.41, 5.74) is 0. The molecular formula is C7H10N2. The molecule has 0 unspecified atom stereocenters. The van der Waals surface area contributed by atoms with Gasteiger partial charge in [-0.15, -0.1) is 0 Å². The lowest BCUT2D eigenvalue weighted by Crippen LogP contribution is -2.17. The number of nitrogens with one attached hydrogen (secondary N) is 1. The van der Waals surface area contributed by atoms with Gasteiger partial charge in [-0.25, -0.2) is 0 Å². The normalized spacial score (nSPS) is 18.3. The van der Waals surface area contributed by atoms with Crippen LogP contribution in [0, 0.1) is 5.41 Å². The zero-order valence-corrected chi connectivity index (χ0v) is 5.46. The molecule has 1 aliphatic rings. The summed E-state index contributed by atoms with van der Waals surface area (Å²) in [6.45, 7) is 0. The van der Waals surface area contributed by atoms with E-state index in [2.05, 4.69) is 0 Å². The number of allylic oxidation sites excluding steroid dienone is 2. The van der Waals surface area contributed by atoms with Crippen molar-refractivity contribution in [3.05, 3.63) is 24.4 Å². The van der Waals surface area contributed by atoms with Crippen LogP contribution in [-0.2, 0) is 0 Å². The van der Waals surface area contributed by atoms with Gasteiger partial charge in [0.05, 0.1) is 0 Å². The first-order chi connectivity index (χ1) is 4.30. The monoisotopic (exact) mass is 122 g/mol. The predicted molar refractivity (Wildman–Crippen MR) is 38.4 cm³/mol. The van der Waals surface area contributed by atoms with Crippen LogP contribution >= 0.6 is 0 Å². The van der Waals surface area contributed by atoms with Gasteiger partial charge in [-0.3, -0.25) is 5.41 Å². The zero-order valence-electron chi connectivity index (χ0n) is 5.46. The molecule has 1 heterocycles. The first-order valence-electron chi connectivity index (χ1n) is 2.94. The third-order valence-corrected chi connectivity index (χ3v) is 1.29. The van der Waals surface area contributed by atoms with E-state index in [0.29, 0.717) is 5.84 Å². The van der Waals surface area contributed by atoms with Gasteiger partial charge in [-0.1, -0.05) is 12.2 Å². The number of hydrogen-bond acceptors (Lipinski definition) is 1. The van der Waals surface area contributed by atoms with Crippen LogP contribution in [0.3, 0.4) is 0 Å². The van der Waals surface area contributed by atoms with Gasteiger partial charge in [-0.2, -0.15) is 0 Å². The zero-order chi connectivity index (χ0) is 6.69. The minimum absolute atomic E-state index is 0.639. The van der Waals surface area contributed by atoms with E-state index in [0.717, 1.165) is 6.42 Å². The molecule has 0 spiro atoms. The van der Waals surface area contributed by atoms with Crippen molar-refractivity contribution in [3.63, 3.8) is 0 Å². The van der Waals surface area contributed by atoms with E-state index in [1.54, 1.807) is 4.90 Å². The highest BCUT2D eigenvalue weighted by atomic mass is 15.1. The van der Waals surface area contributed by atoms with Crippen molar-refractivity contribution in [2.75, 3.05) is 7.05 Å². The Morgan fingerprint density at radius 3 is 3.11 bits per heavy atom. The van der Waals surface area contributed by atoms with Gasteiger partial charge in [0.25, 0.3) is 0 Å². The molecule has 0 aromatic carbocycles. The fourth-order valence-electron chi connectivity index (χ4n) is 0.671. The summed E-state index contributed by atoms with van der Waals surface area (Å²) in [5.74, 6) is 0.639. The Bertz CT molecular complexity index is 168. The Kier molecular flexibility index (Phi) is 1.68. The number of rotatable bonds is 0. The summed E-state index contributed by atoms with van der Waals surface area (Å²) < 4.78 is 0. The number of nitrogens with zero attached hydrogens (tertiary/aromatic N) is 1. The summed E-state index contributed by atoms with van der Waals surface area (Å²) in [5, 5.41) is 7.36. The second kappa shape index (κ2) is 2.49. The fraction of sp³-hybridized carbons (Fsp3) is 0.286. The molecule has 0 atom stereocenters. The first kappa shape index (κ1) is 6.08. The van der Waals surface area contributed by atoms with Crippen molar-refractivity contribution >= 4 is 5.84 Å². The van der Waals surface area contributed by atoms with E-state index in [1.165, 1.54) is 0 Å². The van der Waals surface area contributed by atoms with Crippen molar-refractivity contribution in [1.82, 2.24) is 4.90 Å². The molecule has 0 saturated carbocycles. The Balaban J connectivity index is 2.69. The molecule has 0 fully saturated rings. The second-order valence-electron chi connectivity index (χ2n) is 2.03. The van der Waals surface area contributed by atoms with Crippen molar-refractivity contribution in [1.29, 1.82) is 5.41 Å². The quantitative estimate of drug-likeness (QED) is 0.516. The van der Waals surface area contributed by atoms with Gasteiger partial charge in [0.15, 0.2) is 0 Å². The van der Waals surface area contributed by atoms with Crippen LogP contribution in [0.15, 0.2) is 24.4 Å². The lowest BCUT2D eigenvalue weighted by molar-refractivity contribution is 0.671. The Hall–Kier alpha value is -1.05. The van der Waals surface area contributed by atoms with Gasteiger partial charge >= 0.3 is 0 Å². The van der Waals surface area contributed by atoms with Gasteiger partial charge in [0, 0.05) is 19.7 Å². The summed E-state index contributed by atoms with van der Waals surface area (Å²) in [6.07, 6.45) is 8.48. The van der Waals surface area contributed by atoms with Crippen LogP contribution in [0.5, 0.6) is 0 Å². The third kappa shape index (κ3) is 1.42. The van der Waals surface area contributed by atoms with Crippen LogP contribution in [-0.4, -0.2) is 17.8 Å². The average molecular weight is 122 g/mol. The van der Waals surface area contributed by atoms with Crippen LogP contribution in [0.2, 0.25) is 0 Å². The maximum atomic E-state index is 7.36. The molecular weight excluding hydrogens is 112 g/mol. The lowest BCUT2D eigenvalue weighted by Gasteiger charge is -2.10. The molecule has 0 aliphatic carbocycles. The minimum atomic E-state index is 0.639. The number of hydrogen-bond donors (Lipinski definition) is 1. The van der Waals surface area contributed by atoms with Crippen LogP contribution in [0.25, 0.3) is 0 Å². The van der Waals surface area contributed by atoms with E-state index in [4.69, 9.17) is 5.41 Å². The van der Waals surface area contributed by atoms with E-state index < -0.39 is 0 Å². The highest BCUT2D eigenvalue weighted by Gasteiger charge is 1.98. The molecule has 0 radical (unpaired) electrons. The van der Waals surface area contributed by atoms with E-state index >= 15 is 0 Å². The third-order valence-electron chi connectivity index (χ3n) is 1.29. The molecule has 0 amide bonds. The largest absolute Gasteiger partial charge is 0.340 e. The van der Waals surface area contributed by atoms with Crippen LogP contribution in [0.4, 0.5) is 0 Å².